The minimum atomic E-state index is -0.234. The molecule has 3 N–H and O–H groups in total. The number of hydrogen-bond donors (Lipinski definition) is 2. The van der Waals surface area contributed by atoms with E-state index in [-0.39, 0.29) is 11.7 Å². The molecule has 0 aliphatic heterocycles. The lowest BCUT2D eigenvalue weighted by molar-refractivity contribution is 0.318. The molecule has 0 saturated carbocycles. The molecule has 2 aromatic rings. The molecule has 0 amide bonds. The van der Waals surface area contributed by atoms with Gasteiger partial charge in [0.05, 0.1) is 0 Å². The summed E-state index contributed by atoms with van der Waals surface area (Å²) in [7, 11) is 1.96. The lowest BCUT2D eigenvalue weighted by Gasteiger charge is -2.18. The maximum Gasteiger partial charge on any atom is 0.142 e. The van der Waals surface area contributed by atoms with Gasteiger partial charge in [-0.3, -0.25) is 15.3 Å². The Morgan fingerprint density at radius 3 is 2.60 bits per heavy atom. The van der Waals surface area contributed by atoms with Gasteiger partial charge in [-0.25, -0.2) is 4.39 Å². The molecule has 1 heterocycles. The first-order valence-corrected chi connectivity index (χ1v) is 6.27. The van der Waals surface area contributed by atoms with Crippen molar-refractivity contribution < 1.29 is 4.39 Å². The van der Waals surface area contributed by atoms with Crippen LogP contribution in [0.3, 0.4) is 0 Å². The zero-order chi connectivity index (χ0) is 14.5. The molecule has 1 aromatic heterocycles. The van der Waals surface area contributed by atoms with Crippen LogP contribution in [0.1, 0.15) is 16.8 Å². The first-order valence-electron chi connectivity index (χ1n) is 6.27. The van der Waals surface area contributed by atoms with Gasteiger partial charge in [0, 0.05) is 19.3 Å². The van der Waals surface area contributed by atoms with Crippen molar-refractivity contribution in [3.05, 3.63) is 65.2 Å². The lowest BCUT2D eigenvalue weighted by atomic mass is 10.1. The number of nitrogens with zero attached hydrogens (tertiary/aromatic N) is 2. The van der Waals surface area contributed by atoms with Gasteiger partial charge in [-0.15, -0.1) is 0 Å². The van der Waals surface area contributed by atoms with E-state index in [2.05, 4.69) is 9.88 Å². The quantitative estimate of drug-likeness (QED) is 0.647. The molecule has 0 aliphatic carbocycles. The number of nitrogen functional groups attached to an aromatic ring is 1. The number of nitrogens with two attached hydrogens (primary N) is 1. The van der Waals surface area contributed by atoms with Gasteiger partial charge >= 0.3 is 0 Å². The maximum atomic E-state index is 12.9. The van der Waals surface area contributed by atoms with E-state index in [4.69, 9.17) is 11.1 Å². The van der Waals surface area contributed by atoms with E-state index in [9.17, 15) is 4.39 Å². The van der Waals surface area contributed by atoms with Gasteiger partial charge in [0.15, 0.2) is 0 Å². The Bertz CT molecular complexity index is 595. The molecule has 0 spiro atoms. The highest BCUT2D eigenvalue weighted by molar-refractivity contribution is 5.94. The van der Waals surface area contributed by atoms with Crippen LogP contribution < -0.4 is 5.73 Å². The molecule has 0 unspecified atom stereocenters. The molecule has 5 heteroatoms. The molecular weight excluding hydrogens is 255 g/mol. The van der Waals surface area contributed by atoms with E-state index in [0.29, 0.717) is 18.8 Å². The second-order valence-corrected chi connectivity index (χ2v) is 4.72. The van der Waals surface area contributed by atoms with E-state index in [1.54, 1.807) is 18.3 Å². The van der Waals surface area contributed by atoms with E-state index in [1.165, 1.54) is 12.1 Å². The van der Waals surface area contributed by atoms with Crippen LogP contribution >= 0.6 is 0 Å². The molecule has 0 bridgehead atoms. The Hall–Kier alpha value is -2.27. The summed E-state index contributed by atoms with van der Waals surface area (Å²) in [5.74, 6) is -0.265. The smallest absolute Gasteiger partial charge is 0.142 e. The summed E-state index contributed by atoms with van der Waals surface area (Å²) in [5, 5.41) is 7.52. The molecule has 0 saturated heterocycles. The average Bonchev–Trinajstić information content (AvgIpc) is 2.41. The van der Waals surface area contributed by atoms with Gasteiger partial charge in [0.1, 0.15) is 17.3 Å². The van der Waals surface area contributed by atoms with Crippen LogP contribution in [-0.2, 0) is 13.1 Å². The van der Waals surface area contributed by atoms with Gasteiger partial charge in [-0.1, -0.05) is 18.2 Å². The summed E-state index contributed by atoms with van der Waals surface area (Å²) >= 11 is 0. The molecule has 0 fully saturated rings. The summed E-state index contributed by atoms with van der Waals surface area (Å²) in [5.41, 5.74) is 7.97. The van der Waals surface area contributed by atoms with Crippen LogP contribution in [-0.4, -0.2) is 22.8 Å². The Balaban J connectivity index is 2.06. The minimum Gasteiger partial charge on any atom is -0.382 e. The molecule has 2 rings (SSSR count). The Labute approximate surface area is 117 Å². The third-order valence-electron chi connectivity index (χ3n) is 2.95. The fourth-order valence-electron chi connectivity index (χ4n) is 2.06. The first kappa shape index (κ1) is 14.1. The van der Waals surface area contributed by atoms with Crippen molar-refractivity contribution in [1.82, 2.24) is 9.88 Å². The highest BCUT2D eigenvalue weighted by atomic mass is 19.1. The Morgan fingerprint density at radius 1 is 1.25 bits per heavy atom. The molecule has 0 atom stereocenters. The standard InChI is InChI=1S/C15H17FN4/c1-20(9-11-4-6-13(16)7-5-11)10-12-3-2-8-19-14(12)15(17)18/h2-8H,9-10H2,1H3,(H3,17,18). The maximum absolute atomic E-state index is 12.9. The van der Waals surface area contributed by atoms with E-state index < -0.39 is 0 Å². The van der Waals surface area contributed by atoms with Crippen molar-refractivity contribution in [2.24, 2.45) is 5.73 Å². The van der Waals surface area contributed by atoms with Gasteiger partial charge in [0.2, 0.25) is 0 Å². The molecule has 20 heavy (non-hydrogen) atoms. The second kappa shape index (κ2) is 6.25. The lowest BCUT2D eigenvalue weighted by Crippen LogP contribution is -2.22. The van der Waals surface area contributed by atoms with Crippen LogP contribution in [0.25, 0.3) is 0 Å². The minimum absolute atomic E-state index is 0.0317. The number of halogens is 1. The molecule has 0 radical (unpaired) electrons. The first-order chi connectivity index (χ1) is 9.56. The van der Waals surface area contributed by atoms with Crippen molar-refractivity contribution in [3.8, 4) is 0 Å². The molecular formula is C15H17FN4. The Kier molecular flexibility index (Phi) is 4.42. The van der Waals surface area contributed by atoms with Crippen molar-refractivity contribution in [3.63, 3.8) is 0 Å². The predicted octanol–water partition coefficient (Wildman–Crippen LogP) is 2.14. The van der Waals surface area contributed by atoms with Gasteiger partial charge in [-0.05, 0) is 36.4 Å². The second-order valence-electron chi connectivity index (χ2n) is 4.72. The molecule has 104 valence electrons. The zero-order valence-electron chi connectivity index (χ0n) is 11.3. The third kappa shape index (κ3) is 3.61. The monoisotopic (exact) mass is 272 g/mol. The van der Waals surface area contributed by atoms with Crippen LogP contribution in [0.4, 0.5) is 4.39 Å². The molecule has 4 nitrogen and oxygen atoms in total. The average molecular weight is 272 g/mol. The van der Waals surface area contributed by atoms with Crippen molar-refractivity contribution >= 4 is 5.84 Å². The van der Waals surface area contributed by atoms with E-state index in [1.807, 2.05) is 19.2 Å². The third-order valence-corrected chi connectivity index (χ3v) is 2.95. The van der Waals surface area contributed by atoms with Crippen LogP contribution in [0.5, 0.6) is 0 Å². The van der Waals surface area contributed by atoms with E-state index >= 15 is 0 Å². The predicted molar refractivity (Wildman–Crippen MR) is 76.8 cm³/mol. The molecule has 1 aromatic carbocycles. The van der Waals surface area contributed by atoms with Crippen LogP contribution in [0, 0.1) is 11.2 Å². The summed E-state index contributed by atoms with van der Waals surface area (Å²) in [6, 6.07) is 10.2. The summed E-state index contributed by atoms with van der Waals surface area (Å²) in [6.45, 7) is 1.31. The number of benzene rings is 1. The summed E-state index contributed by atoms with van der Waals surface area (Å²) in [6.07, 6.45) is 1.63. The normalized spacial score (nSPS) is 10.8. The highest BCUT2D eigenvalue weighted by Gasteiger charge is 2.09. The zero-order valence-corrected chi connectivity index (χ0v) is 11.3. The number of nitrogens with one attached hydrogen (secondary N) is 1. The number of amidine groups is 1. The van der Waals surface area contributed by atoms with Crippen molar-refractivity contribution in [2.75, 3.05) is 7.05 Å². The Morgan fingerprint density at radius 2 is 1.95 bits per heavy atom. The van der Waals surface area contributed by atoms with Crippen molar-refractivity contribution in [2.45, 2.75) is 13.1 Å². The summed E-state index contributed by atoms with van der Waals surface area (Å²) in [4.78, 5) is 6.19. The van der Waals surface area contributed by atoms with Crippen LogP contribution in [0.15, 0.2) is 42.6 Å². The van der Waals surface area contributed by atoms with Crippen molar-refractivity contribution in [1.29, 1.82) is 5.41 Å². The topological polar surface area (TPSA) is 66.0 Å². The summed E-state index contributed by atoms with van der Waals surface area (Å²) < 4.78 is 12.9. The van der Waals surface area contributed by atoms with E-state index in [0.717, 1.165) is 11.1 Å². The fourth-order valence-corrected chi connectivity index (χ4v) is 2.06. The van der Waals surface area contributed by atoms with Crippen LogP contribution in [0.2, 0.25) is 0 Å². The number of aromatic nitrogens is 1. The van der Waals surface area contributed by atoms with Gasteiger partial charge < -0.3 is 5.73 Å². The SMILES string of the molecule is CN(Cc1ccc(F)cc1)Cc1cccnc1C(=N)N. The van der Waals surface area contributed by atoms with Gasteiger partial charge in [-0.2, -0.15) is 0 Å². The van der Waals surface area contributed by atoms with Gasteiger partial charge in [0.25, 0.3) is 0 Å². The number of hydrogen-bond acceptors (Lipinski definition) is 3. The largest absolute Gasteiger partial charge is 0.382 e. The highest BCUT2D eigenvalue weighted by Crippen LogP contribution is 2.11. The number of rotatable bonds is 5. The fraction of sp³-hybridized carbons (Fsp3) is 0.200. The molecule has 0 aliphatic rings. The number of pyridine rings is 1.